The zero-order valence-electron chi connectivity index (χ0n) is 13.1. The number of para-hydroxylation sites is 1. The van der Waals surface area contributed by atoms with E-state index in [1.165, 1.54) is 0 Å². The molecule has 0 radical (unpaired) electrons. The summed E-state index contributed by atoms with van der Waals surface area (Å²) in [4.78, 5) is 14.5. The maximum atomic E-state index is 12.6. The lowest BCUT2D eigenvalue weighted by Crippen LogP contribution is -2.35. The highest BCUT2D eigenvalue weighted by Gasteiger charge is 2.53. The fourth-order valence-corrected chi connectivity index (χ4v) is 4.45. The molecule has 0 spiro atoms. The molecule has 0 unspecified atom stereocenters. The average molecular weight is 337 g/mol. The van der Waals surface area contributed by atoms with Gasteiger partial charge >= 0.3 is 6.03 Å². The van der Waals surface area contributed by atoms with Crippen LogP contribution in [0.4, 0.5) is 10.5 Å². The molecule has 0 saturated carbocycles. The van der Waals surface area contributed by atoms with Gasteiger partial charge in [0.15, 0.2) is 5.75 Å². The molecule has 4 rings (SSSR count). The summed E-state index contributed by atoms with van der Waals surface area (Å²) in [5, 5.41) is 3.46. The van der Waals surface area contributed by atoms with Gasteiger partial charge < -0.3 is 19.7 Å². The van der Waals surface area contributed by atoms with Gasteiger partial charge in [0.2, 0.25) is 0 Å². The predicted octanol–water partition coefficient (Wildman–Crippen LogP) is 3.38. The number of rotatable bonds is 3. The number of nitrogens with zero attached hydrogens (tertiary/aromatic N) is 1. The highest BCUT2D eigenvalue weighted by molar-refractivity contribution is 6.32. The summed E-state index contributed by atoms with van der Waals surface area (Å²) in [6.45, 7) is 3.96. The van der Waals surface area contributed by atoms with Gasteiger partial charge in [0.05, 0.1) is 29.5 Å². The second-order valence-corrected chi connectivity index (χ2v) is 6.91. The molecule has 2 bridgehead atoms. The van der Waals surface area contributed by atoms with Crippen molar-refractivity contribution in [3.05, 3.63) is 23.2 Å². The van der Waals surface area contributed by atoms with E-state index >= 15 is 0 Å². The number of nitrogens with one attached hydrogen (secondary N) is 1. The number of carbonyl (C=O) groups excluding carboxylic acids is 1. The Morgan fingerprint density at radius 2 is 2.04 bits per heavy atom. The molecule has 3 fully saturated rings. The van der Waals surface area contributed by atoms with Crippen LogP contribution in [0.2, 0.25) is 5.02 Å². The second kappa shape index (κ2) is 5.87. The van der Waals surface area contributed by atoms with E-state index < -0.39 is 0 Å². The summed E-state index contributed by atoms with van der Waals surface area (Å²) < 4.78 is 11.5. The molecule has 1 N–H and O–H groups in total. The van der Waals surface area contributed by atoms with Gasteiger partial charge in [0.25, 0.3) is 0 Å². The van der Waals surface area contributed by atoms with Crippen LogP contribution in [-0.2, 0) is 4.74 Å². The van der Waals surface area contributed by atoms with Crippen LogP contribution in [0, 0.1) is 11.8 Å². The highest BCUT2D eigenvalue weighted by Crippen LogP contribution is 2.47. The lowest BCUT2D eigenvalue weighted by atomic mass is 9.82. The molecule has 2 amide bonds. The van der Waals surface area contributed by atoms with Crippen molar-refractivity contribution in [1.29, 1.82) is 0 Å². The molecule has 0 aromatic heterocycles. The fraction of sp³-hybridized carbons (Fsp3) is 0.588. The maximum Gasteiger partial charge on any atom is 0.321 e. The number of halogens is 1. The fourth-order valence-electron chi connectivity index (χ4n) is 4.22. The van der Waals surface area contributed by atoms with E-state index in [-0.39, 0.29) is 6.03 Å². The standard InChI is InChI=1S/C17H21ClN2O3/c1-2-22-16-12(18)4-3-5-13(16)19-17(21)20-8-10-11(9-20)15-7-6-14(10)23-15/h3-5,10-11,14-15H,2,6-9H2,1H3,(H,19,21)/t10-,11-,14-,15-/m1/s1. The van der Waals surface area contributed by atoms with Crippen LogP contribution in [0.3, 0.4) is 0 Å². The van der Waals surface area contributed by atoms with Crippen LogP contribution < -0.4 is 10.1 Å². The van der Waals surface area contributed by atoms with Crippen molar-refractivity contribution in [2.45, 2.75) is 32.0 Å². The summed E-state index contributed by atoms with van der Waals surface area (Å²) in [5.41, 5.74) is 0.626. The molecule has 3 saturated heterocycles. The van der Waals surface area contributed by atoms with Gasteiger partial charge in [-0.15, -0.1) is 0 Å². The third-order valence-electron chi connectivity index (χ3n) is 5.24. The Morgan fingerprint density at radius 1 is 1.35 bits per heavy atom. The minimum atomic E-state index is -0.0815. The molecule has 23 heavy (non-hydrogen) atoms. The quantitative estimate of drug-likeness (QED) is 0.920. The molecule has 3 heterocycles. The number of fused-ring (bicyclic) bond motifs is 5. The summed E-state index contributed by atoms with van der Waals surface area (Å²) in [7, 11) is 0. The Morgan fingerprint density at radius 3 is 2.70 bits per heavy atom. The van der Waals surface area contributed by atoms with Crippen molar-refractivity contribution in [1.82, 2.24) is 4.90 Å². The normalized spacial score (nSPS) is 31.3. The molecular weight excluding hydrogens is 316 g/mol. The van der Waals surface area contributed by atoms with E-state index in [2.05, 4.69) is 5.32 Å². The average Bonchev–Trinajstić information content (AvgIpc) is 3.22. The highest BCUT2D eigenvalue weighted by atomic mass is 35.5. The van der Waals surface area contributed by atoms with Gasteiger partial charge in [-0.25, -0.2) is 4.79 Å². The Balaban J connectivity index is 1.46. The first-order chi connectivity index (χ1) is 11.2. The zero-order valence-corrected chi connectivity index (χ0v) is 13.9. The molecular formula is C17H21ClN2O3. The van der Waals surface area contributed by atoms with Crippen LogP contribution in [0.1, 0.15) is 19.8 Å². The lowest BCUT2D eigenvalue weighted by molar-refractivity contribution is 0.0746. The Hall–Kier alpha value is -1.46. The first kappa shape index (κ1) is 15.1. The van der Waals surface area contributed by atoms with E-state index in [1.54, 1.807) is 6.07 Å². The molecule has 3 aliphatic rings. The molecule has 1 aromatic rings. The van der Waals surface area contributed by atoms with Crippen LogP contribution in [0.25, 0.3) is 0 Å². The predicted molar refractivity (Wildman–Crippen MR) is 88.1 cm³/mol. The number of urea groups is 1. The van der Waals surface area contributed by atoms with E-state index in [4.69, 9.17) is 21.1 Å². The van der Waals surface area contributed by atoms with Crippen LogP contribution in [0.5, 0.6) is 5.75 Å². The number of ether oxygens (including phenoxy) is 2. The number of hydrogen-bond acceptors (Lipinski definition) is 3. The van der Waals surface area contributed by atoms with Gasteiger partial charge in [0.1, 0.15) is 0 Å². The van der Waals surface area contributed by atoms with Gasteiger partial charge in [-0.3, -0.25) is 0 Å². The molecule has 3 aliphatic heterocycles. The number of hydrogen-bond donors (Lipinski definition) is 1. The van der Waals surface area contributed by atoms with Crippen molar-refractivity contribution in [2.75, 3.05) is 25.0 Å². The second-order valence-electron chi connectivity index (χ2n) is 6.50. The number of likely N-dealkylation sites (tertiary alicyclic amines) is 1. The minimum absolute atomic E-state index is 0.0815. The van der Waals surface area contributed by atoms with E-state index in [9.17, 15) is 4.79 Å². The van der Waals surface area contributed by atoms with Gasteiger partial charge in [-0.2, -0.15) is 0 Å². The zero-order chi connectivity index (χ0) is 16.0. The van der Waals surface area contributed by atoms with Gasteiger partial charge in [-0.05, 0) is 31.9 Å². The first-order valence-electron chi connectivity index (χ1n) is 8.30. The smallest absolute Gasteiger partial charge is 0.321 e. The molecule has 5 nitrogen and oxygen atoms in total. The largest absolute Gasteiger partial charge is 0.490 e. The number of carbonyl (C=O) groups is 1. The molecule has 4 atom stereocenters. The number of amides is 2. The van der Waals surface area contributed by atoms with Crippen LogP contribution in [-0.4, -0.2) is 42.8 Å². The minimum Gasteiger partial charge on any atom is -0.490 e. The van der Waals surface area contributed by atoms with Crippen molar-refractivity contribution in [3.8, 4) is 5.75 Å². The van der Waals surface area contributed by atoms with E-state index in [0.717, 1.165) is 25.9 Å². The van der Waals surface area contributed by atoms with Gasteiger partial charge in [-0.1, -0.05) is 17.7 Å². The van der Waals surface area contributed by atoms with Crippen molar-refractivity contribution in [3.63, 3.8) is 0 Å². The molecule has 1 aromatic carbocycles. The third-order valence-corrected chi connectivity index (χ3v) is 5.53. The molecule has 0 aliphatic carbocycles. The molecule has 6 heteroatoms. The SMILES string of the molecule is CCOc1c(Cl)cccc1NC(=O)N1C[C@@H]2[C@@H](C1)[C@H]1CC[C@H]2O1. The van der Waals surface area contributed by atoms with Crippen LogP contribution >= 0.6 is 11.6 Å². The number of anilines is 1. The first-order valence-corrected chi connectivity index (χ1v) is 8.68. The Labute approximate surface area is 140 Å². The number of benzene rings is 1. The lowest BCUT2D eigenvalue weighted by Gasteiger charge is -2.20. The van der Waals surface area contributed by atoms with Crippen molar-refractivity contribution >= 4 is 23.3 Å². The topological polar surface area (TPSA) is 50.8 Å². The Bertz CT molecular complexity index is 606. The summed E-state index contributed by atoms with van der Waals surface area (Å²) in [5.74, 6) is 1.54. The third kappa shape index (κ3) is 2.56. The van der Waals surface area contributed by atoms with E-state index in [1.807, 2.05) is 24.0 Å². The Kier molecular flexibility index (Phi) is 3.85. The molecule has 124 valence electrons. The summed E-state index contributed by atoms with van der Waals surface area (Å²) >= 11 is 6.17. The summed E-state index contributed by atoms with van der Waals surface area (Å²) in [6.07, 6.45) is 3.00. The summed E-state index contributed by atoms with van der Waals surface area (Å²) in [6, 6.07) is 5.31. The van der Waals surface area contributed by atoms with E-state index in [0.29, 0.717) is 47.1 Å². The maximum absolute atomic E-state index is 12.6. The van der Waals surface area contributed by atoms with Crippen LogP contribution in [0.15, 0.2) is 18.2 Å². The van der Waals surface area contributed by atoms with Crippen molar-refractivity contribution in [2.24, 2.45) is 11.8 Å². The van der Waals surface area contributed by atoms with Gasteiger partial charge in [0, 0.05) is 24.9 Å². The monoisotopic (exact) mass is 336 g/mol. The van der Waals surface area contributed by atoms with Crippen molar-refractivity contribution < 1.29 is 14.3 Å².